The number of benzene rings is 2. The van der Waals surface area contributed by atoms with Gasteiger partial charge in [-0.3, -0.25) is 4.79 Å². The van der Waals surface area contributed by atoms with E-state index in [0.717, 1.165) is 26.4 Å². The number of amides is 1. The molecule has 144 valence electrons. The lowest BCUT2D eigenvalue weighted by molar-refractivity contribution is 0.0953. The zero-order chi connectivity index (χ0) is 20.1. The van der Waals surface area contributed by atoms with E-state index in [2.05, 4.69) is 33.0 Å². The highest BCUT2D eigenvalue weighted by atomic mass is 79.9. The minimum atomic E-state index is -0.255. The maximum Gasteiger partial charge on any atom is 0.271 e. The minimum absolute atomic E-state index is 0.255. The van der Waals surface area contributed by atoms with Crippen molar-refractivity contribution in [2.75, 3.05) is 7.11 Å². The van der Waals surface area contributed by atoms with E-state index in [1.807, 2.05) is 54.0 Å². The third-order valence-corrected chi connectivity index (χ3v) is 5.64. The first-order valence-electron chi connectivity index (χ1n) is 8.58. The highest BCUT2D eigenvalue weighted by Gasteiger charge is 2.13. The van der Waals surface area contributed by atoms with Gasteiger partial charge in [-0.2, -0.15) is 0 Å². The van der Waals surface area contributed by atoms with Crippen LogP contribution in [0.5, 0.6) is 5.75 Å². The van der Waals surface area contributed by atoms with E-state index in [9.17, 15) is 4.79 Å². The van der Waals surface area contributed by atoms with Crippen molar-refractivity contribution in [3.63, 3.8) is 0 Å². The molecule has 3 aromatic rings. The second-order valence-electron chi connectivity index (χ2n) is 5.98. The summed E-state index contributed by atoms with van der Waals surface area (Å²) in [5.74, 6) is 0.549. The highest BCUT2D eigenvalue weighted by molar-refractivity contribution is 9.10. The molecule has 0 saturated carbocycles. The number of nitrogens with zero attached hydrogens (tertiary/aromatic N) is 2. The zero-order valence-corrected chi connectivity index (χ0v) is 18.0. The van der Waals surface area contributed by atoms with Crippen LogP contribution in [0.25, 0.3) is 11.3 Å². The van der Waals surface area contributed by atoms with E-state index in [-0.39, 0.29) is 5.91 Å². The molecule has 7 heteroatoms. The molecule has 1 amide bonds. The molecule has 28 heavy (non-hydrogen) atoms. The Hall–Kier alpha value is -2.64. The molecule has 0 radical (unpaired) electrons. The number of aromatic nitrogens is 1. The summed E-state index contributed by atoms with van der Waals surface area (Å²) in [4.78, 5) is 14.2. The third kappa shape index (κ3) is 4.43. The Bertz CT molecular complexity index is 1050. The number of aryl methyl sites for hydroxylation is 1. The lowest BCUT2D eigenvalue weighted by atomic mass is 10.1. The molecule has 3 rings (SSSR count). The van der Waals surface area contributed by atoms with Gasteiger partial charge in [-0.15, -0.1) is 11.7 Å². The number of halogens is 1. The van der Waals surface area contributed by atoms with Crippen molar-refractivity contribution in [3.8, 4) is 17.0 Å². The van der Waals surface area contributed by atoms with Crippen molar-refractivity contribution in [2.45, 2.75) is 13.5 Å². The van der Waals surface area contributed by atoms with Gasteiger partial charge >= 0.3 is 0 Å². The molecule has 0 aliphatic carbocycles. The standard InChI is InChI=1S/C21H20BrN3O2S/c1-4-13-25-19(15-7-11-18(27-3)12-8-15)14(2)28-21(25)24-23-20(26)16-5-9-17(22)10-6-16/h4-12H,1,13H2,2-3H3,(H,23,26). The van der Waals surface area contributed by atoms with E-state index in [1.165, 1.54) is 11.3 Å². The summed E-state index contributed by atoms with van der Waals surface area (Å²) in [7, 11) is 1.65. The first-order valence-corrected chi connectivity index (χ1v) is 10.2. The molecule has 1 heterocycles. The van der Waals surface area contributed by atoms with E-state index < -0.39 is 0 Å². The van der Waals surface area contributed by atoms with Gasteiger partial charge in [-0.05, 0) is 61.0 Å². The van der Waals surface area contributed by atoms with Crippen LogP contribution in [0.3, 0.4) is 0 Å². The van der Waals surface area contributed by atoms with Crippen LogP contribution < -0.4 is 15.0 Å². The van der Waals surface area contributed by atoms with Gasteiger partial charge in [0.05, 0.1) is 12.8 Å². The lowest BCUT2D eigenvalue weighted by Crippen LogP contribution is -2.24. The van der Waals surface area contributed by atoms with Crippen LogP contribution in [0.15, 0.2) is 70.8 Å². The summed E-state index contributed by atoms with van der Waals surface area (Å²) < 4.78 is 8.20. The van der Waals surface area contributed by atoms with Gasteiger partial charge in [0.25, 0.3) is 5.91 Å². The van der Waals surface area contributed by atoms with Crippen molar-refractivity contribution < 1.29 is 9.53 Å². The molecular formula is C21H20BrN3O2S. The molecule has 0 atom stereocenters. The predicted molar refractivity (Wildman–Crippen MR) is 116 cm³/mol. The zero-order valence-electron chi connectivity index (χ0n) is 15.6. The average Bonchev–Trinajstić information content (AvgIpc) is 3.02. The lowest BCUT2D eigenvalue weighted by Gasteiger charge is -2.09. The number of rotatable bonds is 6. The van der Waals surface area contributed by atoms with Crippen molar-refractivity contribution in [2.24, 2.45) is 5.10 Å². The van der Waals surface area contributed by atoms with Crippen molar-refractivity contribution in [1.82, 2.24) is 9.99 Å². The molecule has 1 N–H and O–H groups in total. The SMILES string of the molecule is C=CCn1c(-c2ccc(OC)cc2)c(C)sc1=NNC(=O)c1ccc(Br)cc1. The first-order chi connectivity index (χ1) is 13.5. The Labute approximate surface area is 176 Å². The van der Waals surface area contributed by atoms with E-state index in [1.54, 1.807) is 19.2 Å². The molecule has 0 aliphatic rings. The van der Waals surface area contributed by atoms with Gasteiger partial charge in [0.2, 0.25) is 4.80 Å². The molecule has 0 fully saturated rings. The maximum atomic E-state index is 12.4. The Balaban J connectivity index is 1.96. The molecule has 1 aromatic heterocycles. The number of carbonyl (C=O) groups excluding carboxylic acids is 1. The Morgan fingerprint density at radius 2 is 1.93 bits per heavy atom. The van der Waals surface area contributed by atoms with Crippen molar-refractivity contribution >= 4 is 33.2 Å². The number of methoxy groups -OCH3 is 1. The number of hydrogen-bond acceptors (Lipinski definition) is 4. The van der Waals surface area contributed by atoms with Crippen LogP contribution in [0, 0.1) is 6.92 Å². The number of nitrogens with one attached hydrogen (secondary N) is 1. The summed E-state index contributed by atoms with van der Waals surface area (Å²) in [6.07, 6.45) is 1.81. The Morgan fingerprint density at radius 1 is 1.25 bits per heavy atom. The number of thiazole rings is 1. The summed E-state index contributed by atoms with van der Waals surface area (Å²) in [5, 5.41) is 4.36. The minimum Gasteiger partial charge on any atom is -0.497 e. The van der Waals surface area contributed by atoms with Gasteiger partial charge in [-0.25, -0.2) is 5.43 Å². The molecule has 0 spiro atoms. The number of ether oxygens (including phenoxy) is 1. The third-order valence-electron chi connectivity index (χ3n) is 4.11. The molecule has 0 saturated heterocycles. The fourth-order valence-corrected chi connectivity index (χ4v) is 4.01. The topological polar surface area (TPSA) is 55.6 Å². The molecule has 2 aromatic carbocycles. The predicted octanol–water partition coefficient (Wildman–Crippen LogP) is 4.73. The van der Waals surface area contributed by atoms with E-state index in [0.29, 0.717) is 16.9 Å². The van der Waals surface area contributed by atoms with Crippen molar-refractivity contribution in [3.05, 3.63) is 80.9 Å². The van der Waals surface area contributed by atoms with E-state index in [4.69, 9.17) is 4.74 Å². The van der Waals surface area contributed by atoms with Gasteiger partial charge in [0.15, 0.2) is 0 Å². The Morgan fingerprint density at radius 3 is 2.54 bits per heavy atom. The van der Waals surface area contributed by atoms with Crippen LogP contribution in [-0.4, -0.2) is 17.6 Å². The van der Waals surface area contributed by atoms with Crippen LogP contribution in [0.4, 0.5) is 0 Å². The molecule has 5 nitrogen and oxygen atoms in total. The van der Waals surface area contributed by atoms with Crippen molar-refractivity contribution in [1.29, 1.82) is 0 Å². The van der Waals surface area contributed by atoms with Crippen LogP contribution >= 0.6 is 27.3 Å². The fourth-order valence-electron chi connectivity index (χ4n) is 2.78. The van der Waals surface area contributed by atoms with Gasteiger partial charge in [0.1, 0.15) is 5.75 Å². The number of carbonyl (C=O) groups is 1. The second-order valence-corrected chi connectivity index (χ2v) is 8.07. The van der Waals surface area contributed by atoms with Gasteiger partial charge in [0, 0.05) is 21.5 Å². The molecule has 0 bridgehead atoms. The maximum absolute atomic E-state index is 12.4. The van der Waals surface area contributed by atoms with Crippen LogP contribution in [-0.2, 0) is 6.54 Å². The normalized spacial score (nSPS) is 11.3. The second kappa shape index (κ2) is 9.03. The smallest absolute Gasteiger partial charge is 0.271 e. The largest absolute Gasteiger partial charge is 0.497 e. The number of hydrogen-bond donors (Lipinski definition) is 1. The highest BCUT2D eigenvalue weighted by Crippen LogP contribution is 2.27. The Kier molecular flexibility index (Phi) is 6.49. The fraction of sp³-hybridized carbons (Fsp3) is 0.143. The summed E-state index contributed by atoms with van der Waals surface area (Å²) in [6.45, 7) is 6.47. The monoisotopic (exact) mass is 457 g/mol. The van der Waals surface area contributed by atoms with E-state index >= 15 is 0 Å². The summed E-state index contributed by atoms with van der Waals surface area (Å²) in [5.41, 5.74) is 5.30. The molecule has 0 unspecified atom stereocenters. The van der Waals surface area contributed by atoms with Gasteiger partial charge < -0.3 is 9.30 Å². The van der Waals surface area contributed by atoms with Crippen LogP contribution in [0.1, 0.15) is 15.2 Å². The average molecular weight is 458 g/mol. The molecule has 0 aliphatic heterocycles. The summed E-state index contributed by atoms with van der Waals surface area (Å²) >= 11 is 4.89. The first kappa shape index (κ1) is 20.1. The number of allylic oxidation sites excluding steroid dienone is 1. The quantitative estimate of drug-likeness (QED) is 0.429. The molecular weight excluding hydrogens is 438 g/mol. The summed E-state index contributed by atoms with van der Waals surface area (Å²) in [6, 6.07) is 15.0. The van der Waals surface area contributed by atoms with Gasteiger partial charge in [-0.1, -0.05) is 33.3 Å². The van der Waals surface area contributed by atoms with Crippen LogP contribution in [0.2, 0.25) is 0 Å².